The second-order valence-corrected chi connectivity index (χ2v) is 10.1. The van der Waals surface area contributed by atoms with Gasteiger partial charge in [0.15, 0.2) is 0 Å². The van der Waals surface area contributed by atoms with Crippen molar-refractivity contribution in [2.45, 2.75) is 55.9 Å². The number of sulfonamides is 1. The van der Waals surface area contributed by atoms with Gasteiger partial charge >= 0.3 is 5.97 Å². The zero-order valence-electron chi connectivity index (χ0n) is 16.2. The Morgan fingerprint density at radius 1 is 1.04 bits per heavy atom. The predicted molar refractivity (Wildman–Crippen MR) is 105 cm³/mol. The molecule has 3 atom stereocenters. The van der Waals surface area contributed by atoms with Gasteiger partial charge in [0.05, 0.1) is 23.7 Å². The van der Waals surface area contributed by atoms with Crippen LogP contribution >= 0.6 is 0 Å². The third kappa shape index (κ3) is 4.26. The van der Waals surface area contributed by atoms with Crippen molar-refractivity contribution in [3.05, 3.63) is 29.8 Å². The first kappa shape index (κ1) is 19.9. The van der Waals surface area contributed by atoms with Crippen LogP contribution in [0.3, 0.4) is 0 Å². The fourth-order valence-corrected chi connectivity index (χ4v) is 6.33. The molecule has 28 heavy (non-hydrogen) atoms. The van der Waals surface area contributed by atoms with E-state index in [1.807, 2.05) is 0 Å². The molecule has 0 bridgehead atoms. The molecular formula is C21H29NO5S. The van der Waals surface area contributed by atoms with Crippen LogP contribution in [0.2, 0.25) is 0 Å². The van der Waals surface area contributed by atoms with Gasteiger partial charge < -0.3 is 9.47 Å². The number of ether oxygens (including phenoxy) is 2. The number of carbonyl (C=O) groups is 1. The SMILES string of the molecule is O=C(O[C@H]1CC[C@@H]2CCCC[C@@H]2C1)c1cccc(S(=O)(=O)N2CCOCC2)c1. The van der Waals surface area contributed by atoms with E-state index in [1.165, 1.54) is 42.1 Å². The summed E-state index contributed by atoms with van der Waals surface area (Å²) in [6.45, 7) is 1.46. The van der Waals surface area contributed by atoms with Crippen LogP contribution in [0, 0.1) is 11.8 Å². The van der Waals surface area contributed by atoms with Crippen molar-refractivity contribution in [2.75, 3.05) is 26.3 Å². The number of rotatable bonds is 4. The molecule has 2 saturated carbocycles. The molecule has 6 nitrogen and oxygen atoms in total. The van der Waals surface area contributed by atoms with Crippen LogP contribution in [0.5, 0.6) is 0 Å². The molecule has 0 unspecified atom stereocenters. The molecule has 0 N–H and O–H groups in total. The minimum Gasteiger partial charge on any atom is -0.459 e. The zero-order chi connectivity index (χ0) is 19.6. The number of hydrogen-bond acceptors (Lipinski definition) is 5. The van der Waals surface area contributed by atoms with Crippen molar-refractivity contribution < 1.29 is 22.7 Å². The van der Waals surface area contributed by atoms with Gasteiger partial charge in [0.2, 0.25) is 10.0 Å². The number of fused-ring (bicyclic) bond motifs is 1. The van der Waals surface area contributed by atoms with Crippen LogP contribution in [0.4, 0.5) is 0 Å². The molecule has 0 spiro atoms. The van der Waals surface area contributed by atoms with Crippen molar-refractivity contribution in [3.63, 3.8) is 0 Å². The van der Waals surface area contributed by atoms with Gasteiger partial charge in [-0.15, -0.1) is 0 Å². The zero-order valence-corrected chi connectivity index (χ0v) is 17.0. The molecule has 3 fully saturated rings. The van der Waals surface area contributed by atoms with Crippen LogP contribution in [0.15, 0.2) is 29.2 Å². The fourth-order valence-electron chi connectivity index (χ4n) is 4.88. The summed E-state index contributed by atoms with van der Waals surface area (Å²) >= 11 is 0. The summed E-state index contributed by atoms with van der Waals surface area (Å²) in [5, 5.41) is 0. The monoisotopic (exact) mass is 407 g/mol. The standard InChI is InChI=1S/C21H29NO5S/c23-21(27-19-9-8-16-4-1-2-5-17(16)14-19)18-6-3-7-20(15-18)28(24,25)22-10-12-26-13-11-22/h3,6-7,15-17,19H,1-2,4-5,8-14H2/t16-,17+,19-/m0/s1. The van der Waals surface area contributed by atoms with Gasteiger partial charge in [-0.25, -0.2) is 13.2 Å². The summed E-state index contributed by atoms with van der Waals surface area (Å²) in [5.74, 6) is 1.05. The third-order valence-electron chi connectivity index (χ3n) is 6.44. The highest BCUT2D eigenvalue weighted by Crippen LogP contribution is 2.41. The Morgan fingerprint density at radius 2 is 1.79 bits per heavy atom. The number of morpholine rings is 1. The van der Waals surface area contributed by atoms with Crippen molar-refractivity contribution in [2.24, 2.45) is 11.8 Å². The molecule has 1 saturated heterocycles. The van der Waals surface area contributed by atoms with Crippen molar-refractivity contribution in [1.82, 2.24) is 4.31 Å². The van der Waals surface area contributed by atoms with E-state index in [1.54, 1.807) is 12.1 Å². The average Bonchev–Trinajstić information content (AvgIpc) is 2.74. The largest absolute Gasteiger partial charge is 0.459 e. The van der Waals surface area contributed by atoms with Gasteiger partial charge in [-0.1, -0.05) is 31.7 Å². The number of hydrogen-bond donors (Lipinski definition) is 0. The van der Waals surface area contributed by atoms with Crippen molar-refractivity contribution in [1.29, 1.82) is 0 Å². The number of esters is 1. The maximum atomic E-state index is 12.8. The lowest BCUT2D eigenvalue weighted by Crippen LogP contribution is -2.40. The Kier molecular flexibility index (Phi) is 6.04. The predicted octanol–water partition coefficient (Wildman–Crippen LogP) is 3.22. The van der Waals surface area contributed by atoms with Gasteiger partial charge in [0.1, 0.15) is 6.10 Å². The quantitative estimate of drug-likeness (QED) is 0.717. The summed E-state index contributed by atoms with van der Waals surface area (Å²) in [7, 11) is -3.62. The Bertz CT molecular complexity index is 803. The molecule has 4 rings (SSSR count). The Hall–Kier alpha value is -1.44. The molecule has 3 aliphatic rings. The van der Waals surface area contributed by atoms with E-state index < -0.39 is 16.0 Å². The van der Waals surface area contributed by atoms with Crippen molar-refractivity contribution >= 4 is 16.0 Å². The molecule has 0 amide bonds. The molecule has 1 heterocycles. The van der Waals surface area contributed by atoms with E-state index in [2.05, 4.69) is 0 Å². The third-order valence-corrected chi connectivity index (χ3v) is 8.34. The van der Waals surface area contributed by atoms with E-state index in [9.17, 15) is 13.2 Å². The molecule has 0 aromatic heterocycles. The molecular weight excluding hydrogens is 378 g/mol. The molecule has 2 aliphatic carbocycles. The normalized spacial score (nSPS) is 29.1. The molecule has 1 aromatic carbocycles. The van der Waals surface area contributed by atoms with E-state index in [0.717, 1.165) is 25.2 Å². The lowest BCUT2D eigenvalue weighted by molar-refractivity contribution is -0.000949. The summed E-state index contributed by atoms with van der Waals surface area (Å²) in [4.78, 5) is 12.8. The van der Waals surface area contributed by atoms with Gasteiger partial charge in [0, 0.05) is 13.1 Å². The fraction of sp³-hybridized carbons (Fsp3) is 0.667. The van der Waals surface area contributed by atoms with Gasteiger partial charge in [-0.05, 0) is 49.3 Å². The molecule has 1 aromatic rings. The van der Waals surface area contributed by atoms with Gasteiger partial charge in [0.25, 0.3) is 0 Å². The summed E-state index contributed by atoms with van der Waals surface area (Å²) in [6.07, 6.45) is 8.11. The number of nitrogens with zero attached hydrogens (tertiary/aromatic N) is 1. The highest BCUT2D eigenvalue weighted by molar-refractivity contribution is 7.89. The van der Waals surface area contributed by atoms with Crippen LogP contribution in [0.1, 0.15) is 55.3 Å². The van der Waals surface area contributed by atoms with E-state index in [0.29, 0.717) is 37.8 Å². The molecule has 7 heteroatoms. The molecule has 1 aliphatic heterocycles. The minimum absolute atomic E-state index is 0.0497. The maximum Gasteiger partial charge on any atom is 0.338 e. The molecule has 0 radical (unpaired) electrons. The lowest BCUT2D eigenvalue weighted by Gasteiger charge is -2.38. The second kappa shape index (κ2) is 8.51. The van der Waals surface area contributed by atoms with Crippen LogP contribution < -0.4 is 0 Å². The minimum atomic E-state index is -3.62. The second-order valence-electron chi connectivity index (χ2n) is 8.19. The first-order chi connectivity index (χ1) is 13.5. The summed E-state index contributed by atoms with van der Waals surface area (Å²) < 4.78 is 38.1. The van der Waals surface area contributed by atoms with Gasteiger partial charge in [-0.3, -0.25) is 0 Å². The lowest BCUT2D eigenvalue weighted by atomic mass is 9.70. The first-order valence-electron chi connectivity index (χ1n) is 10.4. The van der Waals surface area contributed by atoms with Crippen LogP contribution in [-0.4, -0.2) is 51.1 Å². The van der Waals surface area contributed by atoms with Crippen molar-refractivity contribution in [3.8, 4) is 0 Å². The van der Waals surface area contributed by atoms with E-state index in [-0.39, 0.29) is 11.0 Å². The van der Waals surface area contributed by atoms with Gasteiger partial charge in [-0.2, -0.15) is 4.31 Å². The highest BCUT2D eigenvalue weighted by atomic mass is 32.2. The van der Waals surface area contributed by atoms with E-state index >= 15 is 0 Å². The molecule has 154 valence electrons. The number of benzene rings is 1. The topological polar surface area (TPSA) is 72.9 Å². The Labute approximate surface area is 167 Å². The average molecular weight is 408 g/mol. The first-order valence-corrected chi connectivity index (χ1v) is 11.9. The Morgan fingerprint density at radius 3 is 2.57 bits per heavy atom. The summed E-state index contributed by atoms with van der Waals surface area (Å²) in [5.41, 5.74) is 0.306. The number of carbonyl (C=O) groups excluding carboxylic acids is 1. The highest BCUT2D eigenvalue weighted by Gasteiger charge is 2.34. The smallest absolute Gasteiger partial charge is 0.338 e. The van der Waals surface area contributed by atoms with Crippen LogP contribution in [-0.2, 0) is 19.5 Å². The Balaban J connectivity index is 1.43. The van der Waals surface area contributed by atoms with E-state index in [4.69, 9.17) is 9.47 Å². The summed E-state index contributed by atoms with van der Waals surface area (Å²) in [6, 6.07) is 6.23. The maximum absolute atomic E-state index is 12.8. The van der Waals surface area contributed by atoms with Crippen LogP contribution in [0.25, 0.3) is 0 Å².